The van der Waals surface area contributed by atoms with Crippen LogP contribution in [0.3, 0.4) is 0 Å². The lowest BCUT2D eigenvalue weighted by atomic mass is 9.80. The Labute approximate surface area is 177 Å². The summed E-state index contributed by atoms with van der Waals surface area (Å²) in [4.78, 5) is 12.3. The number of hydrogen-bond donors (Lipinski definition) is 0. The molecule has 2 bridgehead atoms. The first-order valence-corrected chi connectivity index (χ1v) is 10.2. The molecule has 2 fully saturated rings. The van der Waals surface area contributed by atoms with Crippen LogP contribution in [0.15, 0.2) is 60.7 Å². The number of carbonyl (C=O) groups excluding carboxylic acids is 1. The zero-order valence-corrected chi connectivity index (χ0v) is 17.4. The first-order valence-electron chi connectivity index (χ1n) is 10.2. The second kappa shape index (κ2) is 9.27. The molecule has 1 aliphatic heterocycles. The minimum atomic E-state index is -0.650. The van der Waals surface area contributed by atoms with Crippen molar-refractivity contribution in [1.82, 2.24) is 0 Å². The van der Waals surface area contributed by atoms with Crippen LogP contribution < -0.4 is 0 Å². The average Bonchev–Trinajstić information content (AvgIpc) is 3.29. The molecule has 6 nitrogen and oxygen atoms in total. The van der Waals surface area contributed by atoms with Crippen LogP contribution in [0.25, 0.3) is 0 Å². The van der Waals surface area contributed by atoms with Crippen molar-refractivity contribution in [2.45, 2.75) is 50.7 Å². The highest BCUT2D eigenvalue weighted by atomic mass is 16.7. The molecule has 2 aromatic rings. The van der Waals surface area contributed by atoms with Crippen LogP contribution in [0.4, 0.5) is 0 Å². The third-order valence-electron chi connectivity index (χ3n) is 6.05. The minimum absolute atomic E-state index is 0.156. The van der Waals surface area contributed by atoms with E-state index in [9.17, 15) is 4.79 Å². The summed E-state index contributed by atoms with van der Waals surface area (Å²) in [5.41, 5.74) is 1.49. The molecule has 1 heterocycles. The number of hydrogen-bond acceptors (Lipinski definition) is 6. The largest absolute Gasteiger partial charge is 0.469 e. The number of benzene rings is 2. The van der Waals surface area contributed by atoms with E-state index in [1.807, 2.05) is 60.7 Å². The van der Waals surface area contributed by atoms with Crippen molar-refractivity contribution in [1.29, 1.82) is 0 Å². The monoisotopic (exact) mass is 412 g/mol. The van der Waals surface area contributed by atoms with E-state index in [1.165, 1.54) is 7.11 Å². The maximum Gasteiger partial charge on any atom is 0.306 e. The normalized spacial score (nSPS) is 29.8. The van der Waals surface area contributed by atoms with Crippen LogP contribution >= 0.6 is 0 Å². The van der Waals surface area contributed by atoms with Gasteiger partial charge in [-0.2, -0.15) is 0 Å². The summed E-state index contributed by atoms with van der Waals surface area (Å²) in [6.45, 7) is 0.866. The number of esters is 1. The molecule has 5 atom stereocenters. The molecular weight excluding hydrogens is 384 g/mol. The number of rotatable bonds is 9. The van der Waals surface area contributed by atoms with Gasteiger partial charge in [-0.05, 0) is 17.5 Å². The van der Waals surface area contributed by atoms with Gasteiger partial charge in [0.1, 0.15) is 6.10 Å². The van der Waals surface area contributed by atoms with Gasteiger partial charge in [-0.25, -0.2) is 0 Å². The van der Waals surface area contributed by atoms with Crippen LogP contribution in [0.5, 0.6) is 0 Å². The fourth-order valence-corrected chi connectivity index (χ4v) is 4.65. The Hall–Kier alpha value is -2.25. The summed E-state index contributed by atoms with van der Waals surface area (Å²) in [5.74, 6) is -0.307. The predicted octanol–water partition coefficient (Wildman–Crippen LogP) is 3.48. The molecule has 4 rings (SSSR count). The Kier molecular flexibility index (Phi) is 6.49. The molecule has 0 radical (unpaired) electrons. The molecular formula is C24H28O6. The Balaban J connectivity index is 1.57. The van der Waals surface area contributed by atoms with Crippen molar-refractivity contribution in [3.63, 3.8) is 0 Å². The van der Waals surface area contributed by atoms with Gasteiger partial charge in [0, 0.05) is 7.11 Å². The summed E-state index contributed by atoms with van der Waals surface area (Å²) < 4.78 is 29.4. The fraction of sp³-hybridized carbons (Fsp3) is 0.458. The van der Waals surface area contributed by atoms with Crippen molar-refractivity contribution in [3.8, 4) is 0 Å². The second-order valence-electron chi connectivity index (χ2n) is 7.91. The van der Waals surface area contributed by atoms with E-state index in [-0.39, 0.29) is 30.7 Å². The summed E-state index contributed by atoms with van der Waals surface area (Å²) in [6.07, 6.45) is -0.625. The van der Waals surface area contributed by atoms with Crippen LogP contribution in [0.2, 0.25) is 0 Å². The van der Waals surface area contributed by atoms with Gasteiger partial charge in [0.2, 0.25) is 0 Å². The van der Waals surface area contributed by atoms with E-state index < -0.39 is 11.7 Å². The molecule has 30 heavy (non-hydrogen) atoms. The lowest BCUT2D eigenvalue weighted by Crippen LogP contribution is -2.53. The maximum absolute atomic E-state index is 12.3. The van der Waals surface area contributed by atoms with Gasteiger partial charge in [0.05, 0.1) is 44.4 Å². The highest BCUT2D eigenvalue weighted by Gasteiger charge is 2.67. The second-order valence-corrected chi connectivity index (χ2v) is 7.91. The van der Waals surface area contributed by atoms with Gasteiger partial charge in [0.15, 0.2) is 6.29 Å². The third-order valence-corrected chi connectivity index (χ3v) is 6.05. The fourth-order valence-electron chi connectivity index (χ4n) is 4.65. The zero-order valence-electron chi connectivity index (χ0n) is 17.4. The zero-order chi connectivity index (χ0) is 21.0. The first kappa shape index (κ1) is 21.0. The van der Waals surface area contributed by atoms with Gasteiger partial charge in [-0.15, -0.1) is 0 Å². The quantitative estimate of drug-likeness (QED) is 0.588. The summed E-state index contributed by atoms with van der Waals surface area (Å²) >= 11 is 0. The van der Waals surface area contributed by atoms with E-state index in [1.54, 1.807) is 7.11 Å². The highest BCUT2D eigenvalue weighted by molar-refractivity contribution is 5.70. The molecule has 2 aromatic carbocycles. The van der Waals surface area contributed by atoms with Gasteiger partial charge in [-0.3, -0.25) is 4.79 Å². The van der Waals surface area contributed by atoms with Crippen LogP contribution in [0, 0.1) is 5.41 Å². The van der Waals surface area contributed by atoms with Crippen molar-refractivity contribution in [3.05, 3.63) is 71.8 Å². The number of methoxy groups -OCH3 is 2. The molecule has 1 saturated carbocycles. The standard InChI is InChI=1S/C24H28O6/c1-26-20(25)14-24-13-19(30-23(24)27-2)21(28-15-17-9-5-3-6-10-17)22(24)29-16-18-11-7-4-8-12-18/h3-12,19,21-23H,13-16H2,1-2H3/t19-,21-,22+,23+,24-/m1/s1. The number of ether oxygens (including phenoxy) is 5. The lowest BCUT2D eigenvalue weighted by molar-refractivity contribution is -0.266. The molecule has 0 spiro atoms. The Morgan fingerprint density at radius 3 is 2.13 bits per heavy atom. The van der Waals surface area contributed by atoms with Crippen LogP contribution in [-0.2, 0) is 41.7 Å². The first-order chi connectivity index (χ1) is 14.7. The molecule has 6 heteroatoms. The molecule has 0 amide bonds. The Morgan fingerprint density at radius 2 is 1.57 bits per heavy atom. The van der Waals surface area contributed by atoms with Crippen molar-refractivity contribution < 1.29 is 28.5 Å². The lowest BCUT2D eigenvalue weighted by Gasteiger charge is -2.42. The molecule has 1 aliphatic carbocycles. The Morgan fingerprint density at radius 1 is 0.967 bits per heavy atom. The molecule has 160 valence electrons. The third kappa shape index (κ3) is 4.14. The van der Waals surface area contributed by atoms with Crippen molar-refractivity contribution >= 4 is 5.97 Å². The number of fused-ring (bicyclic) bond motifs is 2. The number of carbonyl (C=O) groups is 1. The SMILES string of the molecule is COC(=O)C[C@@]12C[C@@H](O[C@@H]1OC)[C@@H](OCc1ccccc1)[C@@H]2OCc1ccccc1. The minimum Gasteiger partial charge on any atom is -0.469 e. The molecule has 1 saturated heterocycles. The van der Waals surface area contributed by atoms with Crippen LogP contribution in [0.1, 0.15) is 24.0 Å². The highest BCUT2D eigenvalue weighted by Crippen LogP contribution is 2.55. The Bertz CT molecular complexity index is 826. The van der Waals surface area contributed by atoms with Gasteiger partial charge < -0.3 is 23.7 Å². The molecule has 0 unspecified atom stereocenters. The van der Waals surface area contributed by atoms with Crippen molar-refractivity contribution in [2.24, 2.45) is 5.41 Å². The average molecular weight is 412 g/mol. The van der Waals surface area contributed by atoms with E-state index in [2.05, 4.69) is 0 Å². The van der Waals surface area contributed by atoms with E-state index in [4.69, 9.17) is 23.7 Å². The molecule has 0 N–H and O–H groups in total. The van der Waals surface area contributed by atoms with E-state index >= 15 is 0 Å². The topological polar surface area (TPSA) is 63.2 Å². The summed E-state index contributed by atoms with van der Waals surface area (Å²) in [5, 5.41) is 0. The van der Waals surface area contributed by atoms with Gasteiger partial charge in [0.25, 0.3) is 0 Å². The van der Waals surface area contributed by atoms with Crippen molar-refractivity contribution in [2.75, 3.05) is 14.2 Å². The predicted molar refractivity (Wildman–Crippen MR) is 109 cm³/mol. The van der Waals surface area contributed by atoms with Gasteiger partial charge >= 0.3 is 5.97 Å². The molecule has 0 aromatic heterocycles. The summed E-state index contributed by atoms with van der Waals surface area (Å²) in [7, 11) is 2.99. The molecule has 2 aliphatic rings. The van der Waals surface area contributed by atoms with E-state index in [0.717, 1.165) is 11.1 Å². The summed E-state index contributed by atoms with van der Waals surface area (Å²) in [6, 6.07) is 20.0. The van der Waals surface area contributed by atoms with Crippen LogP contribution in [-0.4, -0.2) is 44.8 Å². The van der Waals surface area contributed by atoms with E-state index in [0.29, 0.717) is 19.6 Å². The maximum atomic E-state index is 12.3. The smallest absolute Gasteiger partial charge is 0.306 e. The van der Waals surface area contributed by atoms with Gasteiger partial charge in [-0.1, -0.05) is 60.7 Å².